The number of carbonyl (C=O) groups excluding carboxylic acids is 1. The van der Waals surface area contributed by atoms with Crippen LogP contribution in [0.3, 0.4) is 0 Å². The van der Waals surface area contributed by atoms with Crippen LogP contribution in [-0.2, 0) is 14.6 Å². The van der Waals surface area contributed by atoms with E-state index in [9.17, 15) is 13.2 Å². The van der Waals surface area contributed by atoms with E-state index in [1.807, 2.05) is 60.7 Å². The van der Waals surface area contributed by atoms with E-state index in [1.165, 1.54) is 24.1 Å². The number of nitrogens with zero attached hydrogens (tertiary/aromatic N) is 1. The molecule has 0 bridgehead atoms. The molecule has 5 nitrogen and oxygen atoms in total. The molecule has 0 saturated heterocycles. The predicted octanol–water partition coefficient (Wildman–Crippen LogP) is 4.85. The number of benzene rings is 3. The van der Waals surface area contributed by atoms with Crippen LogP contribution < -0.4 is 4.74 Å². The summed E-state index contributed by atoms with van der Waals surface area (Å²) < 4.78 is 29.1. The van der Waals surface area contributed by atoms with Gasteiger partial charge in [0.2, 0.25) is 5.91 Å². The number of thioether (sulfide) groups is 1. The van der Waals surface area contributed by atoms with E-state index in [2.05, 4.69) is 0 Å². The minimum atomic E-state index is -3.28. The highest BCUT2D eigenvalue weighted by Crippen LogP contribution is 2.36. The average Bonchev–Trinajstić information content (AvgIpc) is 2.80. The van der Waals surface area contributed by atoms with Gasteiger partial charge in [-0.1, -0.05) is 54.6 Å². The maximum atomic E-state index is 13.3. The minimum absolute atomic E-state index is 0.0316. The lowest BCUT2D eigenvalue weighted by Gasteiger charge is -2.24. The quantitative estimate of drug-likeness (QED) is 0.314. The van der Waals surface area contributed by atoms with Crippen LogP contribution in [0.1, 0.15) is 17.2 Å². The van der Waals surface area contributed by atoms with Crippen LogP contribution in [-0.4, -0.2) is 45.7 Å². The molecule has 3 rings (SSSR count). The maximum Gasteiger partial charge on any atom is 0.240 e. The summed E-state index contributed by atoms with van der Waals surface area (Å²) in [6, 6.07) is 26.1. The van der Waals surface area contributed by atoms with Crippen molar-refractivity contribution in [1.29, 1.82) is 0 Å². The van der Waals surface area contributed by atoms with Crippen molar-refractivity contribution >= 4 is 27.5 Å². The zero-order valence-electron chi connectivity index (χ0n) is 18.2. The lowest BCUT2D eigenvalue weighted by Crippen LogP contribution is -2.32. The Morgan fingerprint density at radius 3 is 2.28 bits per heavy atom. The number of hydrogen-bond donors (Lipinski definition) is 0. The molecule has 1 amide bonds. The molecule has 0 N–H and O–H groups in total. The Bertz CT molecular complexity index is 1120. The number of likely N-dealkylation sites (N-methyl/N-ethyl adjacent to an activating group) is 1. The standard InChI is InChI=1S/C25H27NO4S2/c1-26(17-10-18-30-21-13-9-16-23(19-21)32(2,28)29)25(27)24(20-11-5-3-6-12-20)31-22-14-7-4-8-15-22/h3-9,11-16,19,24H,10,17-18H2,1-2H3. The summed E-state index contributed by atoms with van der Waals surface area (Å²) in [4.78, 5) is 16.3. The van der Waals surface area contributed by atoms with Gasteiger partial charge in [-0.15, -0.1) is 11.8 Å². The number of ether oxygens (including phenoxy) is 1. The fourth-order valence-electron chi connectivity index (χ4n) is 3.12. The summed E-state index contributed by atoms with van der Waals surface area (Å²) in [5, 5.41) is -0.337. The molecule has 0 aliphatic rings. The number of rotatable bonds is 10. The van der Waals surface area contributed by atoms with Gasteiger partial charge in [0.1, 0.15) is 11.0 Å². The van der Waals surface area contributed by atoms with Crippen LogP contribution in [0.4, 0.5) is 0 Å². The molecule has 32 heavy (non-hydrogen) atoms. The van der Waals surface area contributed by atoms with E-state index < -0.39 is 9.84 Å². The topological polar surface area (TPSA) is 63.7 Å². The van der Waals surface area contributed by atoms with Crippen molar-refractivity contribution in [2.24, 2.45) is 0 Å². The number of sulfone groups is 1. The third-order valence-corrected chi connectivity index (χ3v) is 7.20. The van der Waals surface area contributed by atoms with Crippen molar-refractivity contribution in [3.05, 3.63) is 90.5 Å². The van der Waals surface area contributed by atoms with Crippen LogP contribution >= 0.6 is 11.8 Å². The highest BCUT2D eigenvalue weighted by atomic mass is 32.2. The molecule has 0 aliphatic carbocycles. The monoisotopic (exact) mass is 469 g/mol. The first-order valence-electron chi connectivity index (χ1n) is 10.3. The summed E-state index contributed by atoms with van der Waals surface area (Å²) in [6.07, 6.45) is 1.80. The molecule has 0 heterocycles. The van der Waals surface area contributed by atoms with E-state index in [0.29, 0.717) is 25.3 Å². The van der Waals surface area contributed by atoms with Crippen LogP contribution in [0.25, 0.3) is 0 Å². The highest BCUT2D eigenvalue weighted by Gasteiger charge is 2.25. The maximum absolute atomic E-state index is 13.3. The lowest BCUT2D eigenvalue weighted by atomic mass is 10.1. The molecular formula is C25H27NO4S2. The van der Waals surface area contributed by atoms with Gasteiger partial charge < -0.3 is 9.64 Å². The van der Waals surface area contributed by atoms with E-state index in [4.69, 9.17) is 4.74 Å². The smallest absolute Gasteiger partial charge is 0.240 e. The van der Waals surface area contributed by atoms with Gasteiger partial charge in [-0.3, -0.25) is 4.79 Å². The van der Waals surface area contributed by atoms with Gasteiger partial charge in [0.25, 0.3) is 0 Å². The Kier molecular flexibility index (Phi) is 8.36. The molecule has 3 aromatic carbocycles. The number of amides is 1. The lowest BCUT2D eigenvalue weighted by molar-refractivity contribution is -0.129. The highest BCUT2D eigenvalue weighted by molar-refractivity contribution is 8.00. The molecule has 0 fully saturated rings. The summed E-state index contributed by atoms with van der Waals surface area (Å²) in [5.74, 6) is 0.535. The first kappa shape index (κ1) is 23.9. The molecule has 1 atom stereocenters. The van der Waals surface area contributed by atoms with Crippen LogP contribution in [0.5, 0.6) is 5.75 Å². The Hall–Kier alpha value is -2.77. The van der Waals surface area contributed by atoms with Gasteiger partial charge in [-0.05, 0) is 42.3 Å². The van der Waals surface area contributed by atoms with Crippen LogP contribution in [0, 0.1) is 0 Å². The van der Waals surface area contributed by atoms with Crippen molar-refractivity contribution in [2.75, 3.05) is 26.5 Å². The normalized spacial score (nSPS) is 12.2. The van der Waals surface area contributed by atoms with Crippen molar-refractivity contribution in [3.63, 3.8) is 0 Å². The third kappa shape index (κ3) is 6.87. The van der Waals surface area contributed by atoms with Crippen LogP contribution in [0.2, 0.25) is 0 Å². The second-order valence-corrected chi connectivity index (χ2v) is 10.6. The molecule has 0 aliphatic heterocycles. The molecule has 3 aromatic rings. The molecule has 1 unspecified atom stereocenters. The van der Waals surface area contributed by atoms with Gasteiger partial charge in [-0.2, -0.15) is 0 Å². The SMILES string of the molecule is CN(CCCOc1cccc(S(C)(=O)=O)c1)C(=O)C(Sc1ccccc1)c1ccccc1. The Morgan fingerprint density at radius 2 is 1.62 bits per heavy atom. The average molecular weight is 470 g/mol. The van der Waals surface area contributed by atoms with Gasteiger partial charge in [0, 0.05) is 24.7 Å². The van der Waals surface area contributed by atoms with Gasteiger partial charge in [-0.25, -0.2) is 8.42 Å². The summed E-state index contributed by atoms with van der Waals surface area (Å²) in [5.41, 5.74) is 0.965. The fraction of sp³-hybridized carbons (Fsp3) is 0.240. The van der Waals surface area contributed by atoms with E-state index >= 15 is 0 Å². The summed E-state index contributed by atoms with van der Waals surface area (Å²) >= 11 is 1.54. The van der Waals surface area contributed by atoms with Crippen molar-refractivity contribution in [1.82, 2.24) is 4.90 Å². The van der Waals surface area contributed by atoms with Gasteiger partial charge >= 0.3 is 0 Å². The molecule has 0 saturated carbocycles. The summed E-state index contributed by atoms with van der Waals surface area (Å²) in [7, 11) is -1.48. The minimum Gasteiger partial charge on any atom is -0.493 e. The Morgan fingerprint density at radius 1 is 0.969 bits per heavy atom. The van der Waals surface area contributed by atoms with E-state index in [-0.39, 0.29) is 16.1 Å². The molecule has 168 valence electrons. The number of carbonyl (C=O) groups is 1. The van der Waals surface area contributed by atoms with Crippen molar-refractivity contribution < 1.29 is 17.9 Å². The molecule has 0 radical (unpaired) electrons. The first-order valence-corrected chi connectivity index (χ1v) is 13.1. The predicted molar refractivity (Wildman–Crippen MR) is 129 cm³/mol. The van der Waals surface area contributed by atoms with E-state index in [0.717, 1.165) is 10.5 Å². The third-order valence-electron chi connectivity index (χ3n) is 4.84. The largest absolute Gasteiger partial charge is 0.493 e. The zero-order chi connectivity index (χ0) is 23.0. The second-order valence-electron chi connectivity index (χ2n) is 7.43. The Labute approximate surface area is 194 Å². The van der Waals surface area contributed by atoms with Gasteiger partial charge in [0.15, 0.2) is 9.84 Å². The Balaban J connectivity index is 1.59. The molecule has 0 spiro atoms. The summed E-state index contributed by atoms with van der Waals surface area (Å²) in [6.45, 7) is 0.913. The number of hydrogen-bond acceptors (Lipinski definition) is 5. The van der Waals surface area contributed by atoms with Crippen LogP contribution in [0.15, 0.2) is 94.7 Å². The fourth-order valence-corrected chi connectivity index (χ4v) is 4.94. The first-order chi connectivity index (χ1) is 15.3. The van der Waals surface area contributed by atoms with Crippen molar-refractivity contribution in [2.45, 2.75) is 21.5 Å². The molecular weight excluding hydrogens is 442 g/mol. The van der Waals surface area contributed by atoms with Gasteiger partial charge in [0.05, 0.1) is 11.5 Å². The van der Waals surface area contributed by atoms with Crippen molar-refractivity contribution in [3.8, 4) is 5.75 Å². The molecule has 0 aromatic heterocycles. The second kappa shape index (κ2) is 11.2. The molecule has 7 heteroatoms. The zero-order valence-corrected chi connectivity index (χ0v) is 19.8. The van der Waals surface area contributed by atoms with E-state index in [1.54, 1.807) is 30.1 Å².